The molecule has 0 rings (SSSR count). The second-order valence-corrected chi connectivity index (χ2v) is 4.49. The molecule has 1 atom stereocenters. The summed E-state index contributed by atoms with van der Waals surface area (Å²) in [5.74, 6) is -4.06. The molecule has 0 bridgehead atoms. The smallest absolute Gasteiger partial charge is 0.419 e. The Morgan fingerprint density at radius 1 is 1.27 bits per heavy atom. The van der Waals surface area contributed by atoms with Crippen molar-refractivity contribution in [3.63, 3.8) is 0 Å². The van der Waals surface area contributed by atoms with Gasteiger partial charge in [-0.15, -0.1) is 0 Å². The minimum Gasteiger partial charge on any atom is -0.481 e. The average Bonchev–Trinajstić information content (AvgIpc) is 1.95. The Bertz CT molecular complexity index is 279. The molecule has 0 saturated carbocycles. The van der Waals surface area contributed by atoms with E-state index in [0.717, 1.165) is 6.92 Å². The van der Waals surface area contributed by atoms with Crippen LogP contribution in [0.3, 0.4) is 0 Å². The molecule has 0 aliphatic carbocycles. The molecular weight excluding hydrogens is 231 g/mol. The number of hydrogen-bond donors (Lipinski definition) is 4. The summed E-state index contributed by atoms with van der Waals surface area (Å²) in [6.45, 7) is 0.877. The second-order valence-electron chi connectivity index (χ2n) is 2.64. The van der Waals surface area contributed by atoms with E-state index in [2.05, 4.69) is 4.74 Å². The van der Waals surface area contributed by atoms with Crippen LogP contribution >= 0.6 is 7.94 Å². The van der Waals surface area contributed by atoms with Crippen LogP contribution in [-0.2, 0) is 19.1 Å². The van der Waals surface area contributed by atoms with Gasteiger partial charge in [-0.1, -0.05) is 0 Å². The minimum absolute atomic E-state index is 0.877. The molecule has 0 aromatic heterocycles. The Morgan fingerprint density at radius 3 is 2.00 bits per heavy atom. The van der Waals surface area contributed by atoms with E-state index in [-0.39, 0.29) is 0 Å². The molecule has 0 radical (unpaired) electrons. The summed E-state index contributed by atoms with van der Waals surface area (Å²) < 4.78 is 3.95. The number of hydrogen-bond acceptors (Lipinski definition) is 7. The number of carbonyl (C=O) groups excluding carboxylic acids is 2. The maximum Gasteiger partial charge on any atom is 0.419 e. The zero-order valence-electron chi connectivity index (χ0n) is 7.65. The first kappa shape index (κ1) is 13.9. The van der Waals surface area contributed by atoms with E-state index in [1.165, 1.54) is 0 Å². The maximum atomic E-state index is 11.0. The van der Waals surface area contributed by atoms with E-state index >= 15 is 0 Å². The average molecular weight is 241 g/mol. The highest BCUT2D eigenvalue weighted by molar-refractivity contribution is 7.60. The minimum atomic E-state index is -4.70. The highest BCUT2D eigenvalue weighted by Gasteiger charge is 2.51. The molecule has 86 valence electrons. The van der Waals surface area contributed by atoms with E-state index in [9.17, 15) is 14.4 Å². The summed E-state index contributed by atoms with van der Waals surface area (Å²) in [6.07, 6.45) is -1.04. The maximum absolute atomic E-state index is 11.0. The lowest BCUT2D eigenvalue weighted by Gasteiger charge is -2.12. The van der Waals surface area contributed by atoms with E-state index in [1.807, 2.05) is 0 Å². The molecule has 0 spiro atoms. The van der Waals surface area contributed by atoms with Gasteiger partial charge in [-0.2, -0.15) is 14.7 Å². The number of carboxylic acid groups (broad SMARTS) is 1. The first-order valence-corrected chi connectivity index (χ1v) is 5.37. The number of ether oxygens (including phenoxy) is 1. The third-order valence-corrected chi connectivity index (χ3v) is 2.53. The lowest BCUT2D eigenvalue weighted by atomic mass is 10.3. The first-order valence-electron chi connectivity index (χ1n) is 3.65. The molecule has 0 saturated heterocycles. The van der Waals surface area contributed by atoms with Gasteiger partial charge in [0.15, 0.2) is 0 Å². The first-order chi connectivity index (χ1) is 6.64. The molecule has 4 N–H and O–H groups in total. The Hall–Kier alpha value is -1.08. The summed E-state index contributed by atoms with van der Waals surface area (Å²) in [5.41, 5.74) is -2.04. The van der Waals surface area contributed by atoms with Crippen LogP contribution in [0.5, 0.6) is 0 Å². The number of esters is 2. The predicted molar refractivity (Wildman–Crippen MR) is 46.4 cm³/mol. The van der Waals surface area contributed by atoms with Gasteiger partial charge in [0.25, 0.3) is 5.66 Å². The SMILES string of the molecule is CC(=O)OC(=O)C(CC(=O)O)[P+](O)(O)O. The van der Waals surface area contributed by atoms with Gasteiger partial charge in [0.2, 0.25) is 0 Å². The lowest BCUT2D eigenvalue weighted by molar-refractivity contribution is -0.159. The normalized spacial score (nSPS) is 13.1. The van der Waals surface area contributed by atoms with Crippen molar-refractivity contribution in [2.75, 3.05) is 0 Å². The Kier molecular flexibility index (Phi) is 4.76. The van der Waals surface area contributed by atoms with Crippen molar-refractivity contribution in [1.29, 1.82) is 0 Å². The summed E-state index contributed by atoms with van der Waals surface area (Å²) in [5, 5.41) is 8.32. The van der Waals surface area contributed by atoms with Crippen LogP contribution in [0, 0.1) is 0 Å². The van der Waals surface area contributed by atoms with Crippen LogP contribution < -0.4 is 0 Å². The molecule has 8 nitrogen and oxygen atoms in total. The molecule has 0 heterocycles. The summed E-state index contributed by atoms with van der Waals surface area (Å²) >= 11 is 0. The fourth-order valence-corrected chi connectivity index (χ4v) is 1.46. The zero-order chi connectivity index (χ0) is 12.2. The third kappa shape index (κ3) is 5.38. The quantitative estimate of drug-likeness (QED) is 0.269. The van der Waals surface area contributed by atoms with Crippen molar-refractivity contribution in [1.82, 2.24) is 0 Å². The molecule has 9 heteroatoms. The van der Waals surface area contributed by atoms with Crippen LogP contribution in [0.1, 0.15) is 13.3 Å². The largest absolute Gasteiger partial charge is 0.481 e. The fraction of sp³-hybridized carbons (Fsp3) is 0.500. The van der Waals surface area contributed by atoms with Gasteiger partial charge in [-0.25, -0.2) is 4.79 Å². The van der Waals surface area contributed by atoms with Crippen molar-refractivity contribution >= 4 is 25.9 Å². The monoisotopic (exact) mass is 241 g/mol. The van der Waals surface area contributed by atoms with Crippen LogP contribution in [0.25, 0.3) is 0 Å². The van der Waals surface area contributed by atoms with Gasteiger partial charge < -0.3 is 9.84 Å². The van der Waals surface area contributed by atoms with Crippen molar-refractivity contribution in [2.45, 2.75) is 19.0 Å². The lowest BCUT2D eigenvalue weighted by Crippen LogP contribution is -2.30. The number of carboxylic acids is 1. The molecule has 0 aromatic carbocycles. The van der Waals surface area contributed by atoms with Crippen molar-refractivity contribution in [3.8, 4) is 0 Å². The Morgan fingerprint density at radius 2 is 1.73 bits per heavy atom. The molecule has 1 unspecified atom stereocenters. The number of carbonyl (C=O) groups is 3. The van der Waals surface area contributed by atoms with E-state index in [1.54, 1.807) is 0 Å². The second kappa shape index (κ2) is 5.13. The highest BCUT2D eigenvalue weighted by Crippen LogP contribution is 2.52. The number of aliphatic carboxylic acids is 1. The summed E-state index contributed by atoms with van der Waals surface area (Å²) in [6, 6.07) is 0. The van der Waals surface area contributed by atoms with Crippen LogP contribution in [0.15, 0.2) is 0 Å². The molecule has 0 fully saturated rings. The van der Waals surface area contributed by atoms with Crippen molar-refractivity contribution in [3.05, 3.63) is 0 Å². The van der Waals surface area contributed by atoms with Crippen LogP contribution in [-0.4, -0.2) is 43.4 Å². The van der Waals surface area contributed by atoms with Gasteiger partial charge in [-0.05, 0) is 0 Å². The molecule has 0 aliphatic rings. The molecule has 0 aliphatic heterocycles. The van der Waals surface area contributed by atoms with Gasteiger partial charge in [0.1, 0.15) is 6.42 Å². The van der Waals surface area contributed by atoms with Crippen LogP contribution in [0.2, 0.25) is 0 Å². The van der Waals surface area contributed by atoms with Gasteiger partial charge in [0, 0.05) is 6.92 Å². The molecular formula is C6H10O8P+. The van der Waals surface area contributed by atoms with Crippen molar-refractivity contribution < 1.29 is 38.9 Å². The van der Waals surface area contributed by atoms with Gasteiger partial charge >= 0.3 is 25.9 Å². The molecule has 15 heavy (non-hydrogen) atoms. The third-order valence-electron chi connectivity index (χ3n) is 1.30. The van der Waals surface area contributed by atoms with E-state index in [4.69, 9.17) is 19.8 Å². The van der Waals surface area contributed by atoms with E-state index < -0.39 is 37.9 Å². The highest BCUT2D eigenvalue weighted by atomic mass is 31.2. The Labute approximate surface area is 84.7 Å². The fourth-order valence-electron chi connectivity index (χ4n) is 0.722. The summed E-state index contributed by atoms with van der Waals surface area (Å²) in [7, 11) is -4.70. The molecule has 0 aromatic rings. The molecule has 0 amide bonds. The van der Waals surface area contributed by atoms with E-state index in [0.29, 0.717) is 0 Å². The van der Waals surface area contributed by atoms with Gasteiger partial charge in [-0.3, -0.25) is 9.59 Å². The van der Waals surface area contributed by atoms with Crippen molar-refractivity contribution in [2.24, 2.45) is 0 Å². The Balaban J connectivity index is 4.71. The zero-order valence-corrected chi connectivity index (χ0v) is 8.55. The number of rotatable bonds is 4. The topological polar surface area (TPSA) is 141 Å². The standard InChI is InChI=1S/C6H9O8P/c1-3(7)14-6(10)4(2-5(8)9)15(11,12)13/h4,11-13H,2H2,1H3/p+1. The summed E-state index contributed by atoms with van der Waals surface area (Å²) in [4.78, 5) is 57.8. The van der Waals surface area contributed by atoms with Crippen LogP contribution in [0.4, 0.5) is 0 Å². The van der Waals surface area contributed by atoms with Gasteiger partial charge in [0.05, 0.1) is 0 Å². The predicted octanol–water partition coefficient (Wildman–Crippen LogP) is -1.34.